The van der Waals surface area contributed by atoms with Crippen LogP contribution in [0, 0.1) is 0 Å². The number of hydrogen-bond donors (Lipinski definition) is 3. The van der Waals surface area contributed by atoms with Crippen molar-refractivity contribution < 1.29 is 19.1 Å². The van der Waals surface area contributed by atoms with Gasteiger partial charge in [0.1, 0.15) is 11.5 Å². The van der Waals surface area contributed by atoms with Gasteiger partial charge in [-0.15, -0.1) is 0 Å². The highest BCUT2D eigenvalue weighted by molar-refractivity contribution is 6.24. The molecule has 2 aliphatic rings. The Kier molecular flexibility index (Phi) is 4.53. The summed E-state index contributed by atoms with van der Waals surface area (Å²) >= 11 is 0. The molecule has 2 aromatic carbocycles. The molecule has 0 saturated heterocycles. The third kappa shape index (κ3) is 2.89. The van der Waals surface area contributed by atoms with Gasteiger partial charge >= 0.3 is 0 Å². The summed E-state index contributed by atoms with van der Waals surface area (Å²) in [4.78, 5) is 35.3. The van der Waals surface area contributed by atoms with Crippen molar-refractivity contribution in [2.45, 2.75) is 12.6 Å². The van der Waals surface area contributed by atoms with Gasteiger partial charge in [0, 0.05) is 18.6 Å². The number of guanidine groups is 2. The monoisotopic (exact) mass is 408 g/mol. The first-order valence-corrected chi connectivity index (χ1v) is 9.05. The molecule has 0 radical (unpaired) electrons. The Morgan fingerprint density at radius 1 is 1.17 bits per heavy atom. The largest absolute Gasteiger partial charge is 0.497 e. The lowest BCUT2D eigenvalue weighted by atomic mass is 10.0. The third-order valence-electron chi connectivity index (χ3n) is 4.80. The van der Waals surface area contributed by atoms with Gasteiger partial charge in [-0.2, -0.15) is 0 Å². The standard InChI is InChI=1S/C20H20N6O4/c1-11(27)26-15-7-5-4-6-13(15)20(17(26)28)24-18(21)23-19(25-20)22-14-10-12(29-2)8-9-16(14)30-3/h4-10H,1-3H3,(H4,21,22,23,24,25)/t20-/m1/s1. The number of imide groups is 1. The number of para-hydroxylation sites is 1. The van der Waals surface area contributed by atoms with Gasteiger partial charge in [-0.1, -0.05) is 18.2 Å². The van der Waals surface area contributed by atoms with E-state index in [2.05, 4.69) is 20.6 Å². The summed E-state index contributed by atoms with van der Waals surface area (Å²) in [5.74, 6) is 0.230. The van der Waals surface area contributed by atoms with Crippen LogP contribution >= 0.6 is 0 Å². The number of ether oxygens (including phenoxy) is 2. The second-order valence-electron chi connectivity index (χ2n) is 6.62. The van der Waals surface area contributed by atoms with Gasteiger partial charge in [-0.25, -0.2) is 14.9 Å². The van der Waals surface area contributed by atoms with Gasteiger partial charge in [0.2, 0.25) is 11.9 Å². The number of hydrogen-bond acceptors (Lipinski definition) is 9. The average Bonchev–Trinajstić information content (AvgIpc) is 2.95. The predicted octanol–water partition coefficient (Wildman–Crippen LogP) is 1.14. The van der Waals surface area contributed by atoms with E-state index in [1.165, 1.54) is 14.0 Å². The highest BCUT2D eigenvalue weighted by atomic mass is 16.5. The maximum absolute atomic E-state index is 13.3. The third-order valence-corrected chi connectivity index (χ3v) is 4.80. The second kappa shape index (κ2) is 7.07. The van der Waals surface area contributed by atoms with Crippen molar-refractivity contribution in [2.24, 2.45) is 15.7 Å². The Labute approximate surface area is 172 Å². The number of benzene rings is 2. The van der Waals surface area contributed by atoms with Crippen LogP contribution in [0.3, 0.4) is 0 Å². The van der Waals surface area contributed by atoms with E-state index in [1.54, 1.807) is 49.6 Å². The van der Waals surface area contributed by atoms with Crippen LogP contribution in [0.1, 0.15) is 12.5 Å². The number of amides is 2. The van der Waals surface area contributed by atoms with Crippen molar-refractivity contribution in [1.82, 2.24) is 5.32 Å². The molecule has 2 aliphatic heterocycles. The highest BCUT2D eigenvalue weighted by Gasteiger charge is 2.54. The van der Waals surface area contributed by atoms with Crippen LogP contribution < -0.4 is 30.7 Å². The number of fused-ring (bicyclic) bond motifs is 2. The number of carbonyl (C=O) groups is 2. The molecule has 30 heavy (non-hydrogen) atoms. The molecule has 0 fully saturated rings. The van der Waals surface area contributed by atoms with Crippen LogP contribution in [-0.2, 0) is 15.3 Å². The van der Waals surface area contributed by atoms with Crippen molar-refractivity contribution in [3.63, 3.8) is 0 Å². The molecule has 0 unspecified atom stereocenters. The molecular formula is C20H20N6O4. The Hall–Kier alpha value is -4.08. The molecule has 0 aromatic heterocycles. The average molecular weight is 408 g/mol. The van der Waals surface area contributed by atoms with Crippen molar-refractivity contribution in [1.29, 1.82) is 0 Å². The molecule has 154 valence electrons. The maximum Gasteiger partial charge on any atom is 0.289 e. The lowest BCUT2D eigenvalue weighted by molar-refractivity contribution is -0.127. The van der Waals surface area contributed by atoms with E-state index in [1.807, 2.05) is 0 Å². The Morgan fingerprint density at radius 3 is 2.63 bits per heavy atom. The first kappa shape index (κ1) is 19.2. The number of rotatable bonds is 3. The summed E-state index contributed by atoms with van der Waals surface area (Å²) in [5, 5.41) is 5.88. The molecular weight excluding hydrogens is 388 g/mol. The van der Waals surface area contributed by atoms with Crippen LogP contribution in [-0.4, -0.2) is 38.0 Å². The highest BCUT2D eigenvalue weighted by Crippen LogP contribution is 2.45. The van der Waals surface area contributed by atoms with E-state index in [-0.39, 0.29) is 11.9 Å². The molecule has 10 nitrogen and oxygen atoms in total. The van der Waals surface area contributed by atoms with E-state index in [0.717, 1.165) is 4.90 Å². The Balaban J connectivity index is 1.82. The molecule has 2 aromatic rings. The fourth-order valence-electron chi connectivity index (χ4n) is 3.51. The first-order valence-electron chi connectivity index (χ1n) is 9.05. The molecule has 4 rings (SSSR count). The summed E-state index contributed by atoms with van der Waals surface area (Å²) in [6, 6.07) is 12.0. The Bertz CT molecular complexity index is 1110. The van der Waals surface area contributed by atoms with Gasteiger partial charge in [0.15, 0.2) is 5.96 Å². The summed E-state index contributed by atoms with van der Waals surface area (Å²) in [6.45, 7) is 1.31. The van der Waals surface area contributed by atoms with Crippen molar-refractivity contribution >= 4 is 35.1 Å². The smallest absolute Gasteiger partial charge is 0.289 e. The van der Waals surface area contributed by atoms with Crippen molar-refractivity contribution in [3.8, 4) is 11.5 Å². The topological polar surface area (TPSA) is 131 Å². The molecule has 0 bridgehead atoms. The van der Waals surface area contributed by atoms with Crippen LogP contribution in [0.15, 0.2) is 52.4 Å². The Morgan fingerprint density at radius 2 is 1.93 bits per heavy atom. The normalized spacial score (nSPS) is 19.6. The fraction of sp³-hybridized carbons (Fsp3) is 0.200. The number of nitrogens with zero attached hydrogens (tertiary/aromatic N) is 3. The molecule has 2 amide bonds. The lowest BCUT2D eigenvalue weighted by Gasteiger charge is -2.27. The molecule has 0 saturated carbocycles. The second-order valence-corrected chi connectivity index (χ2v) is 6.62. The maximum atomic E-state index is 13.3. The zero-order valence-corrected chi connectivity index (χ0v) is 16.6. The van der Waals surface area contributed by atoms with E-state index >= 15 is 0 Å². The minimum absolute atomic E-state index is 0.0251. The SMILES string of the molecule is COc1ccc(OC)c(NC2=N[C@@]3(N=C(N)N2)C(=O)N(C(C)=O)c2ccccc23)c1. The van der Waals surface area contributed by atoms with E-state index in [9.17, 15) is 9.59 Å². The van der Waals surface area contributed by atoms with E-state index in [0.29, 0.717) is 28.4 Å². The predicted molar refractivity (Wildman–Crippen MR) is 112 cm³/mol. The zero-order valence-electron chi connectivity index (χ0n) is 16.6. The number of aliphatic imine (C=N–C) groups is 2. The minimum atomic E-state index is -1.70. The van der Waals surface area contributed by atoms with E-state index < -0.39 is 17.5 Å². The number of anilines is 2. The summed E-state index contributed by atoms with van der Waals surface area (Å²) in [6.07, 6.45) is 0. The van der Waals surface area contributed by atoms with Crippen molar-refractivity contribution in [3.05, 3.63) is 48.0 Å². The molecule has 2 heterocycles. The fourth-order valence-corrected chi connectivity index (χ4v) is 3.51. The van der Waals surface area contributed by atoms with Gasteiger partial charge in [0.25, 0.3) is 11.6 Å². The quantitative estimate of drug-likeness (QED) is 0.694. The first-order chi connectivity index (χ1) is 14.4. The lowest BCUT2D eigenvalue weighted by Crippen LogP contribution is -2.51. The number of nitrogens with two attached hydrogens (primary N) is 1. The summed E-state index contributed by atoms with van der Waals surface area (Å²) in [5.41, 5.74) is 5.73. The van der Waals surface area contributed by atoms with Crippen molar-refractivity contribution in [2.75, 3.05) is 24.4 Å². The van der Waals surface area contributed by atoms with Crippen LogP contribution in [0.4, 0.5) is 11.4 Å². The molecule has 1 spiro atoms. The van der Waals surface area contributed by atoms with Gasteiger partial charge < -0.3 is 20.5 Å². The molecule has 1 atom stereocenters. The number of carbonyl (C=O) groups excluding carboxylic acids is 2. The molecule has 4 N–H and O–H groups in total. The number of nitrogens with one attached hydrogen (secondary N) is 2. The van der Waals surface area contributed by atoms with Crippen LogP contribution in [0.5, 0.6) is 11.5 Å². The summed E-state index contributed by atoms with van der Waals surface area (Å²) < 4.78 is 10.6. The van der Waals surface area contributed by atoms with Crippen LogP contribution in [0.25, 0.3) is 0 Å². The summed E-state index contributed by atoms with van der Waals surface area (Å²) in [7, 11) is 3.08. The molecule has 0 aliphatic carbocycles. The molecule has 10 heteroatoms. The van der Waals surface area contributed by atoms with E-state index in [4.69, 9.17) is 15.2 Å². The van der Waals surface area contributed by atoms with Crippen LogP contribution in [0.2, 0.25) is 0 Å². The van der Waals surface area contributed by atoms with Gasteiger partial charge in [-0.05, 0) is 18.2 Å². The van der Waals surface area contributed by atoms with Gasteiger partial charge in [-0.3, -0.25) is 14.9 Å². The van der Waals surface area contributed by atoms with Gasteiger partial charge in [0.05, 0.1) is 25.6 Å². The number of methoxy groups -OCH3 is 2. The minimum Gasteiger partial charge on any atom is -0.497 e. The zero-order chi connectivity index (χ0) is 21.5.